The van der Waals surface area contributed by atoms with Gasteiger partial charge in [0.1, 0.15) is 5.82 Å². The average Bonchev–Trinajstić information content (AvgIpc) is 3.00. The lowest BCUT2D eigenvalue weighted by Crippen LogP contribution is -2.18. The van der Waals surface area contributed by atoms with E-state index in [4.69, 9.17) is 5.11 Å². The first kappa shape index (κ1) is 11.6. The lowest BCUT2D eigenvalue weighted by Gasteiger charge is -2.03. The van der Waals surface area contributed by atoms with Gasteiger partial charge in [0.05, 0.1) is 17.5 Å². The molecule has 1 aliphatic rings. The van der Waals surface area contributed by atoms with E-state index in [1.807, 2.05) is 6.92 Å². The summed E-state index contributed by atoms with van der Waals surface area (Å²) in [6, 6.07) is 1.80. The Kier molecular flexibility index (Phi) is 2.87. The highest BCUT2D eigenvalue weighted by Gasteiger charge is 2.48. The Morgan fingerprint density at radius 1 is 1.59 bits per heavy atom. The minimum Gasteiger partial charge on any atom is -0.481 e. The number of carboxylic acids is 1. The summed E-state index contributed by atoms with van der Waals surface area (Å²) < 4.78 is 1.59. The van der Waals surface area contributed by atoms with Crippen molar-refractivity contribution >= 4 is 17.7 Å². The molecule has 0 aromatic carbocycles. The first-order valence-corrected chi connectivity index (χ1v) is 5.59. The number of hydrogen-bond acceptors (Lipinski definition) is 3. The molecule has 0 unspecified atom stereocenters. The Morgan fingerprint density at radius 3 is 2.76 bits per heavy atom. The number of nitrogens with one attached hydrogen (secondary N) is 1. The highest BCUT2D eigenvalue weighted by molar-refractivity contribution is 5.97. The van der Waals surface area contributed by atoms with Gasteiger partial charge in [0.15, 0.2) is 0 Å². The number of aliphatic carboxylic acids is 1. The van der Waals surface area contributed by atoms with Crippen LogP contribution < -0.4 is 5.32 Å². The second kappa shape index (κ2) is 4.20. The van der Waals surface area contributed by atoms with Crippen molar-refractivity contribution in [3.05, 3.63) is 11.8 Å². The fourth-order valence-corrected chi connectivity index (χ4v) is 1.79. The second-order valence-electron chi connectivity index (χ2n) is 4.27. The van der Waals surface area contributed by atoms with Gasteiger partial charge in [-0.25, -0.2) is 0 Å². The highest BCUT2D eigenvalue weighted by atomic mass is 16.4. The summed E-state index contributed by atoms with van der Waals surface area (Å²) in [6.07, 6.45) is 1.23. The van der Waals surface area contributed by atoms with Gasteiger partial charge >= 0.3 is 5.97 Å². The number of aromatic nitrogens is 2. The summed E-state index contributed by atoms with van der Waals surface area (Å²) in [5.41, 5.74) is 0.897. The lowest BCUT2D eigenvalue weighted by atomic mass is 10.3. The van der Waals surface area contributed by atoms with E-state index in [1.165, 1.54) is 0 Å². The number of nitrogens with zero attached hydrogens (tertiary/aromatic N) is 2. The molecule has 1 fully saturated rings. The van der Waals surface area contributed by atoms with E-state index in [0.29, 0.717) is 12.2 Å². The van der Waals surface area contributed by atoms with Gasteiger partial charge < -0.3 is 10.4 Å². The van der Waals surface area contributed by atoms with Gasteiger partial charge in [0, 0.05) is 13.1 Å². The van der Waals surface area contributed by atoms with Crippen LogP contribution in [0.25, 0.3) is 0 Å². The molecule has 0 radical (unpaired) electrons. The van der Waals surface area contributed by atoms with Crippen LogP contribution in [-0.2, 0) is 23.1 Å². The number of amides is 1. The molecule has 17 heavy (non-hydrogen) atoms. The van der Waals surface area contributed by atoms with Crippen molar-refractivity contribution in [2.45, 2.75) is 19.8 Å². The zero-order chi connectivity index (χ0) is 12.6. The van der Waals surface area contributed by atoms with Gasteiger partial charge in [-0.2, -0.15) is 5.10 Å². The van der Waals surface area contributed by atoms with E-state index in [2.05, 4.69) is 10.4 Å². The first-order valence-electron chi connectivity index (χ1n) is 5.59. The summed E-state index contributed by atoms with van der Waals surface area (Å²) in [5.74, 6) is -1.43. The molecular weight excluding hydrogens is 222 g/mol. The van der Waals surface area contributed by atoms with Crippen LogP contribution in [0.15, 0.2) is 6.07 Å². The Bertz CT molecular complexity index is 467. The minimum atomic E-state index is -0.899. The zero-order valence-corrected chi connectivity index (χ0v) is 9.80. The smallest absolute Gasteiger partial charge is 0.307 e. The molecule has 2 atom stereocenters. The maximum Gasteiger partial charge on any atom is 0.307 e. The molecule has 1 heterocycles. The quantitative estimate of drug-likeness (QED) is 0.805. The number of carbonyl (C=O) groups excluding carboxylic acids is 1. The molecule has 0 spiro atoms. The van der Waals surface area contributed by atoms with Crippen LogP contribution in [0.3, 0.4) is 0 Å². The van der Waals surface area contributed by atoms with Gasteiger partial charge in [-0.1, -0.05) is 6.92 Å². The first-order chi connectivity index (χ1) is 8.02. The van der Waals surface area contributed by atoms with Gasteiger partial charge in [0.25, 0.3) is 0 Å². The van der Waals surface area contributed by atoms with E-state index >= 15 is 0 Å². The fourth-order valence-electron chi connectivity index (χ4n) is 1.79. The average molecular weight is 237 g/mol. The van der Waals surface area contributed by atoms with Gasteiger partial charge in [0.2, 0.25) is 5.91 Å². The summed E-state index contributed by atoms with van der Waals surface area (Å²) in [4.78, 5) is 22.4. The van der Waals surface area contributed by atoms with Crippen molar-refractivity contribution < 1.29 is 14.7 Å². The summed E-state index contributed by atoms with van der Waals surface area (Å²) in [6.45, 7) is 1.98. The fraction of sp³-hybridized carbons (Fsp3) is 0.545. The number of carbonyl (C=O) groups is 2. The molecule has 2 rings (SSSR count). The minimum absolute atomic E-state index is 0.233. The zero-order valence-electron chi connectivity index (χ0n) is 9.80. The van der Waals surface area contributed by atoms with Crippen LogP contribution in [0.1, 0.15) is 19.0 Å². The molecule has 0 aliphatic heterocycles. The van der Waals surface area contributed by atoms with Crippen molar-refractivity contribution in [1.29, 1.82) is 0 Å². The molecule has 0 bridgehead atoms. The molecule has 1 aliphatic carbocycles. The third-order valence-corrected chi connectivity index (χ3v) is 2.99. The normalized spacial score (nSPS) is 22.2. The Labute approximate surface area is 98.6 Å². The van der Waals surface area contributed by atoms with Crippen molar-refractivity contribution in [3.8, 4) is 0 Å². The van der Waals surface area contributed by atoms with E-state index in [1.54, 1.807) is 17.8 Å². The predicted molar refractivity (Wildman–Crippen MR) is 60.4 cm³/mol. The van der Waals surface area contributed by atoms with Crippen molar-refractivity contribution in [1.82, 2.24) is 9.78 Å². The Morgan fingerprint density at radius 2 is 2.29 bits per heavy atom. The second-order valence-corrected chi connectivity index (χ2v) is 4.27. The monoisotopic (exact) mass is 237 g/mol. The van der Waals surface area contributed by atoms with E-state index in [-0.39, 0.29) is 5.91 Å². The van der Waals surface area contributed by atoms with Crippen molar-refractivity contribution in [3.63, 3.8) is 0 Å². The number of rotatable bonds is 4. The van der Waals surface area contributed by atoms with Crippen LogP contribution in [0.4, 0.5) is 5.82 Å². The molecule has 1 aromatic rings. The van der Waals surface area contributed by atoms with Gasteiger partial charge in [-0.05, 0) is 12.8 Å². The molecule has 6 heteroatoms. The largest absolute Gasteiger partial charge is 0.481 e. The summed E-state index contributed by atoms with van der Waals surface area (Å²) in [5, 5.41) is 15.6. The molecule has 1 saturated carbocycles. The molecule has 2 N–H and O–H groups in total. The number of anilines is 1. The van der Waals surface area contributed by atoms with Gasteiger partial charge in [-0.3, -0.25) is 14.3 Å². The summed E-state index contributed by atoms with van der Waals surface area (Å²) >= 11 is 0. The highest BCUT2D eigenvalue weighted by Crippen LogP contribution is 2.39. The molecule has 6 nitrogen and oxygen atoms in total. The van der Waals surface area contributed by atoms with Gasteiger partial charge in [-0.15, -0.1) is 0 Å². The van der Waals surface area contributed by atoms with Crippen LogP contribution >= 0.6 is 0 Å². The topological polar surface area (TPSA) is 84.2 Å². The van der Waals surface area contributed by atoms with E-state index in [9.17, 15) is 9.59 Å². The third-order valence-electron chi connectivity index (χ3n) is 2.99. The number of carboxylic acid groups (broad SMARTS) is 1. The number of aryl methyl sites for hydroxylation is 2. The maximum atomic E-state index is 11.7. The SMILES string of the molecule is CCc1cc(NC(=O)[C@@H]2C[C@H]2C(=O)O)n(C)n1. The molecule has 92 valence electrons. The number of hydrogen-bond donors (Lipinski definition) is 2. The van der Waals surface area contributed by atoms with Crippen LogP contribution in [0.5, 0.6) is 0 Å². The Hall–Kier alpha value is -1.85. The standard InChI is InChI=1S/C11H15N3O3/c1-3-6-4-9(14(2)13-6)12-10(15)7-5-8(7)11(16)17/h4,7-8H,3,5H2,1-2H3,(H,12,15)(H,16,17)/t7-,8-/m1/s1. The predicted octanol–water partition coefficient (Wildman–Crippen LogP) is 0.642. The Balaban J connectivity index is 1.99. The maximum absolute atomic E-state index is 11.7. The van der Waals surface area contributed by atoms with Crippen molar-refractivity contribution in [2.24, 2.45) is 18.9 Å². The summed E-state index contributed by atoms with van der Waals surface area (Å²) in [7, 11) is 1.75. The van der Waals surface area contributed by atoms with Crippen LogP contribution in [-0.4, -0.2) is 26.8 Å². The van der Waals surface area contributed by atoms with Crippen molar-refractivity contribution in [2.75, 3.05) is 5.32 Å². The molecule has 0 saturated heterocycles. The third kappa shape index (κ3) is 2.30. The molecular formula is C11H15N3O3. The molecule has 1 amide bonds. The molecule has 1 aromatic heterocycles. The lowest BCUT2D eigenvalue weighted by molar-refractivity contribution is -0.139. The van der Waals surface area contributed by atoms with Crippen LogP contribution in [0.2, 0.25) is 0 Å². The van der Waals surface area contributed by atoms with E-state index in [0.717, 1.165) is 12.1 Å². The van der Waals surface area contributed by atoms with E-state index < -0.39 is 17.8 Å². The van der Waals surface area contributed by atoms with Crippen LogP contribution in [0, 0.1) is 11.8 Å².